The third kappa shape index (κ3) is 4.72. The fourth-order valence-electron chi connectivity index (χ4n) is 1.32. The number of aromatic nitrogens is 1. The van der Waals surface area contributed by atoms with Crippen molar-refractivity contribution in [3.8, 4) is 0 Å². The van der Waals surface area contributed by atoms with Crippen LogP contribution in [-0.4, -0.2) is 24.2 Å². The molecule has 2 rings (SSSR count). The van der Waals surface area contributed by atoms with Crippen LogP contribution >= 0.6 is 0 Å². The number of aryl methyl sites for hydroxylation is 1. The zero-order chi connectivity index (χ0) is 12.0. The van der Waals surface area contributed by atoms with E-state index in [-0.39, 0.29) is 38.8 Å². The molecule has 91 valence electrons. The van der Waals surface area contributed by atoms with E-state index in [0.717, 1.165) is 12.0 Å². The van der Waals surface area contributed by atoms with Crippen LogP contribution in [0.4, 0.5) is 10.6 Å². The Morgan fingerprint density at radius 1 is 1.47 bits per heavy atom. The summed E-state index contributed by atoms with van der Waals surface area (Å²) in [5.74, 6) is 0.611. The van der Waals surface area contributed by atoms with Gasteiger partial charge in [0.25, 0.3) is 0 Å². The molecule has 0 unspecified atom stereocenters. The van der Waals surface area contributed by atoms with Crippen LogP contribution in [0.15, 0.2) is 12.3 Å². The Bertz CT molecular complexity index is 341. The number of ether oxygens (including phenoxy) is 1. The number of nitrogens with zero attached hydrogens (tertiary/aromatic N) is 2. The molecule has 2 heterocycles. The van der Waals surface area contributed by atoms with Gasteiger partial charge in [-0.3, -0.25) is 0 Å². The van der Waals surface area contributed by atoms with Gasteiger partial charge in [-0.15, -0.1) is 11.6 Å². The summed E-state index contributed by atoms with van der Waals surface area (Å²) < 4.78 is 4.91. The molecule has 1 aliphatic heterocycles. The number of carbonyl (C=O) groups excluding carboxylic acids is 1. The second kappa shape index (κ2) is 8.59. The maximum Gasteiger partial charge on any atom is 0.404 e. The summed E-state index contributed by atoms with van der Waals surface area (Å²) in [6.45, 7) is 7.08. The quantitative estimate of drug-likeness (QED) is 0.749. The monoisotopic (exact) mass is 310 g/mol. The maximum atomic E-state index is 11.3. The first-order valence-corrected chi connectivity index (χ1v) is 5.56. The number of carbonyl (C=O) groups is 1. The van der Waals surface area contributed by atoms with Gasteiger partial charge in [-0.25, -0.2) is 4.79 Å². The Labute approximate surface area is 128 Å². The molecule has 1 radical (unpaired) electrons. The predicted octanol–water partition coefficient (Wildman–Crippen LogP) is 2.56. The van der Waals surface area contributed by atoms with Crippen molar-refractivity contribution in [2.24, 2.45) is 0 Å². The molecule has 1 fully saturated rings. The van der Waals surface area contributed by atoms with Gasteiger partial charge in [0.2, 0.25) is 0 Å². The molecule has 1 amide bonds. The molecule has 1 aromatic rings. The van der Waals surface area contributed by atoms with E-state index < -0.39 is 0 Å². The molecule has 0 spiro atoms. The van der Waals surface area contributed by atoms with Crippen LogP contribution in [0.1, 0.15) is 25.8 Å². The van der Waals surface area contributed by atoms with Crippen LogP contribution < -0.4 is 4.90 Å². The molecule has 0 atom stereocenters. The Kier molecular flexibility index (Phi) is 8.35. The minimum Gasteiger partial charge on any atom is -0.450 e. The van der Waals surface area contributed by atoms with Gasteiger partial charge < -0.3 is 14.6 Å². The van der Waals surface area contributed by atoms with Gasteiger partial charge in [-0.2, -0.15) is 6.07 Å². The van der Waals surface area contributed by atoms with Crippen molar-refractivity contribution >= 4 is 11.9 Å². The van der Waals surface area contributed by atoms with E-state index >= 15 is 0 Å². The Hall–Kier alpha value is -0.476. The Morgan fingerprint density at radius 2 is 2.18 bits per heavy atom. The number of cyclic esters (lactones) is 1. The van der Waals surface area contributed by atoms with E-state index in [0.29, 0.717) is 19.0 Å². The van der Waals surface area contributed by atoms with Gasteiger partial charge in [0.05, 0.1) is 6.61 Å². The third-order valence-electron chi connectivity index (χ3n) is 2.07. The zero-order valence-corrected chi connectivity index (χ0v) is 13.4. The molecule has 1 aliphatic rings. The van der Waals surface area contributed by atoms with Crippen molar-refractivity contribution in [1.29, 1.82) is 0 Å². The molecule has 5 heteroatoms. The van der Waals surface area contributed by atoms with E-state index in [9.17, 15) is 4.79 Å². The third-order valence-corrected chi connectivity index (χ3v) is 2.07. The summed E-state index contributed by atoms with van der Waals surface area (Å²) in [5, 5.41) is 0. The van der Waals surface area contributed by atoms with Gasteiger partial charge in [-0.1, -0.05) is 27.0 Å². The molecule has 0 aromatic carbocycles. The van der Waals surface area contributed by atoms with E-state index in [1.54, 1.807) is 12.3 Å². The summed E-state index contributed by atoms with van der Waals surface area (Å²) in [6.07, 6.45) is 2.22. The summed E-state index contributed by atoms with van der Waals surface area (Å²) in [5.41, 5.74) is 0.958. The molecule has 17 heavy (non-hydrogen) atoms. The molecule has 0 saturated carbocycles. The second-order valence-electron chi connectivity index (χ2n) is 3.21. The average Bonchev–Trinajstić information content (AvgIpc) is 2.34. The molecular formula is C12H17N2O2Y-. The van der Waals surface area contributed by atoms with Crippen LogP contribution in [0.2, 0.25) is 0 Å². The average molecular weight is 310 g/mol. The first-order valence-electron chi connectivity index (χ1n) is 5.56. The van der Waals surface area contributed by atoms with E-state index in [4.69, 9.17) is 4.74 Å². The van der Waals surface area contributed by atoms with E-state index in [2.05, 4.69) is 11.1 Å². The van der Waals surface area contributed by atoms with Crippen molar-refractivity contribution in [1.82, 2.24) is 4.98 Å². The normalized spacial score (nSPS) is 14.1. The van der Waals surface area contributed by atoms with Crippen molar-refractivity contribution in [3.63, 3.8) is 0 Å². The molecule has 1 aromatic heterocycles. The van der Waals surface area contributed by atoms with Crippen LogP contribution in [0.3, 0.4) is 0 Å². The molecular weight excluding hydrogens is 293 g/mol. The predicted molar refractivity (Wildman–Crippen MR) is 62.5 cm³/mol. The smallest absolute Gasteiger partial charge is 0.404 e. The minimum absolute atomic E-state index is 0. The van der Waals surface area contributed by atoms with Crippen molar-refractivity contribution in [2.75, 3.05) is 18.1 Å². The van der Waals surface area contributed by atoms with Crippen LogP contribution in [0.25, 0.3) is 0 Å². The van der Waals surface area contributed by atoms with Gasteiger partial charge in [0, 0.05) is 45.1 Å². The number of anilines is 1. The van der Waals surface area contributed by atoms with Gasteiger partial charge in [0.15, 0.2) is 0 Å². The summed E-state index contributed by atoms with van der Waals surface area (Å²) in [4.78, 5) is 17.0. The van der Waals surface area contributed by atoms with E-state index in [1.165, 1.54) is 4.90 Å². The number of amides is 1. The summed E-state index contributed by atoms with van der Waals surface area (Å²) in [6, 6.07) is 4.72. The second-order valence-corrected chi connectivity index (χ2v) is 3.21. The first-order chi connectivity index (χ1) is 7.77. The van der Waals surface area contributed by atoms with Crippen LogP contribution in [-0.2, 0) is 37.4 Å². The SMILES string of the molecule is CC.Cc1[c-]cc(N2CCCOC2=O)nc1.[Y]. The largest absolute Gasteiger partial charge is 0.450 e. The molecule has 4 nitrogen and oxygen atoms in total. The Morgan fingerprint density at radius 3 is 2.71 bits per heavy atom. The summed E-state index contributed by atoms with van der Waals surface area (Å²) >= 11 is 0. The molecule has 1 saturated heterocycles. The fraction of sp³-hybridized carbons (Fsp3) is 0.500. The molecule has 0 bridgehead atoms. The topological polar surface area (TPSA) is 42.4 Å². The zero-order valence-electron chi connectivity index (χ0n) is 10.6. The van der Waals surface area contributed by atoms with E-state index in [1.807, 2.05) is 20.8 Å². The van der Waals surface area contributed by atoms with Crippen molar-refractivity contribution in [2.45, 2.75) is 27.2 Å². The standard InChI is InChI=1S/C10H11N2O2.C2H6.Y/c1-8-3-4-9(11-7-8)12-5-2-6-14-10(12)13;1-2;/h4,7H,2,5-6H2,1H3;1-2H3;/q-1;;. The van der Waals surface area contributed by atoms with Gasteiger partial charge in [0.1, 0.15) is 0 Å². The van der Waals surface area contributed by atoms with Crippen LogP contribution in [0.5, 0.6) is 0 Å². The molecule has 0 N–H and O–H groups in total. The number of pyridine rings is 1. The minimum atomic E-state index is -0.319. The van der Waals surface area contributed by atoms with Crippen LogP contribution in [0, 0.1) is 13.0 Å². The first kappa shape index (κ1) is 16.5. The maximum absolute atomic E-state index is 11.3. The number of hydrogen-bond donors (Lipinski definition) is 0. The number of rotatable bonds is 1. The van der Waals surface area contributed by atoms with Gasteiger partial charge in [-0.05, 0) is 6.42 Å². The fourth-order valence-corrected chi connectivity index (χ4v) is 1.32. The van der Waals surface area contributed by atoms with Crippen molar-refractivity contribution in [3.05, 3.63) is 23.9 Å². The Balaban J connectivity index is 0.000000811. The van der Waals surface area contributed by atoms with Gasteiger partial charge >= 0.3 is 6.09 Å². The van der Waals surface area contributed by atoms with Crippen molar-refractivity contribution < 1.29 is 42.2 Å². The number of hydrogen-bond acceptors (Lipinski definition) is 3. The summed E-state index contributed by atoms with van der Waals surface area (Å²) in [7, 11) is 0. The molecule has 0 aliphatic carbocycles.